The van der Waals surface area contributed by atoms with Crippen molar-refractivity contribution >= 4 is 11.8 Å². The van der Waals surface area contributed by atoms with E-state index in [0.29, 0.717) is 6.54 Å². The molecule has 0 aliphatic carbocycles. The number of ether oxygens (including phenoxy) is 1. The molecule has 0 bridgehead atoms. The van der Waals surface area contributed by atoms with Crippen LogP contribution >= 0.6 is 0 Å². The molecule has 4 heteroatoms. The van der Waals surface area contributed by atoms with Crippen molar-refractivity contribution in [1.29, 1.82) is 0 Å². The van der Waals surface area contributed by atoms with Crippen LogP contribution in [0.3, 0.4) is 0 Å². The topological polar surface area (TPSA) is 50.4 Å². The zero-order valence-electron chi connectivity index (χ0n) is 14.6. The number of rotatable bonds is 6. The maximum absolute atomic E-state index is 11.7. The zero-order valence-corrected chi connectivity index (χ0v) is 14.6. The number of benzene rings is 2. The van der Waals surface area contributed by atoms with Gasteiger partial charge in [0, 0.05) is 18.8 Å². The Kier molecular flexibility index (Phi) is 6.24. The first kappa shape index (κ1) is 17.9. The van der Waals surface area contributed by atoms with E-state index in [1.165, 1.54) is 5.56 Å². The van der Waals surface area contributed by atoms with Crippen LogP contribution < -0.4 is 10.6 Å². The van der Waals surface area contributed by atoms with Gasteiger partial charge in [0.2, 0.25) is 0 Å². The SMILES string of the molecule is CC(C)(C)OC(=O)NCc1cccc(NCCc2ccccc2)c1. The predicted octanol–water partition coefficient (Wildman–Crippen LogP) is 4.37. The van der Waals surface area contributed by atoms with Gasteiger partial charge in [-0.3, -0.25) is 0 Å². The Labute approximate surface area is 144 Å². The lowest BCUT2D eigenvalue weighted by molar-refractivity contribution is 0.0523. The normalized spacial score (nSPS) is 11.0. The molecule has 0 heterocycles. The number of alkyl carbamates (subject to hydrolysis) is 1. The monoisotopic (exact) mass is 326 g/mol. The number of hydrogen-bond donors (Lipinski definition) is 2. The first-order chi connectivity index (χ1) is 11.4. The average molecular weight is 326 g/mol. The largest absolute Gasteiger partial charge is 0.444 e. The predicted molar refractivity (Wildman–Crippen MR) is 98.2 cm³/mol. The molecule has 2 aromatic rings. The van der Waals surface area contributed by atoms with Crippen LogP contribution in [0.25, 0.3) is 0 Å². The van der Waals surface area contributed by atoms with Crippen LogP contribution in [0.2, 0.25) is 0 Å². The van der Waals surface area contributed by atoms with E-state index in [1.807, 2.05) is 51.1 Å². The van der Waals surface area contributed by atoms with Gasteiger partial charge in [0.25, 0.3) is 0 Å². The zero-order chi connectivity index (χ0) is 17.4. The van der Waals surface area contributed by atoms with Crippen molar-refractivity contribution < 1.29 is 9.53 Å². The van der Waals surface area contributed by atoms with Crippen molar-refractivity contribution in [3.8, 4) is 0 Å². The van der Waals surface area contributed by atoms with E-state index in [9.17, 15) is 4.79 Å². The standard InChI is InChI=1S/C20H26N2O2/c1-20(2,3)24-19(23)22-15-17-10-7-11-18(14-17)21-13-12-16-8-5-4-6-9-16/h4-11,14,21H,12-13,15H2,1-3H3,(H,22,23). The second-order valence-corrected chi connectivity index (χ2v) is 6.72. The first-order valence-electron chi connectivity index (χ1n) is 8.26. The van der Waals surface area contributed by atoms with Crippen molar-refractivity contribution in [1.82, 2.24) is 5.32 Å². The number of amides is 1. The smallest absolute Gasteiger partial charge is 0.407 e. The molecule has 24 heavy (non-hydrogen) atoms. The van der Waals surface area contributed by atoms with Gasteiger partial charge in [0.1, 0.15) is 5.60 Å². The van der Waals surface area contributed by atoms with E-state index >= 15 is 0 Å². The maximum Gasteiger partial charge on any atom is 0.407 e. The Hall–Kier alpha value is -2.49. The number of carbonyl (C=O) groups excluding carboxylic acids is 1. The molecule has 0 radical (unpaired) electrons. The van der Waals surface area contributed by atoms with Crippen molar-refractivity contribution in [3.63, 3.8) is 0 Å². The van der Waals surface area contributed by atoms with Gasteiger partial charge in [-0.15, -0.1) is 0 Å². The highest BCUT2D eigenvalue weighted by Gasteiger charge is 2.15. The fraction of sp³-hybridized carbons (Fsp3) is 0.350. The molecule has 0 aromatic heterocycles. The Morgan fingerprint density at radius 3 is 2.42 bits per heavy atom. The minimum atomic E-state index is -0.481. The number of carbonyl (C=O) groups is 1. The second kappa shape index (κ2) is 8.39. The maximum atomic E-state index is 11.7. The van der Waals surface area contributed by atoms with Gasteiger partial charge in [0.15, 0.2) is 0 Å². The Bertz CT molecular complexity index is 648. The van der Waals surface area contributed by atoms with Crippen molar-refractivity contribution in [2.24, 2.45) is 0 Å². The van der Waals surface area contributed by atoms with Gasteiger partial charge in [0.05, 0.1) is 0 Å². The molecule has 2 rings (SSSR count). The minimum Gasteiger partial charge on any atom is -0.444 e. The molecule has 0 atom stereocenters. The molecule has 0 unspecified atom stereocenters. The summed E-state index contributed by atoms with van der Waals surface area (Å²) in [6.45, 7) is 6.87. The molecule has 0 saturated carbocycles. The molecule has 4 nitrogen and oxygen atoms in total. The summed E-state index contributed by atoms with van der Waals surface area (Å²) in [5.74, 6) is 0. The third-order valence-corrected chi connectivity index (χ3v) is 3.35. The van der Waals surface area contributed by atoms with Crippen LogP contribution in [0.4, 0.5) is 10.5 Å². The summed E-state index contributed by atoms with van der Waals surface area (Å²) in [5.41, 5.74) is 2.91. The Morgan fingerprint density at radius 2 is 1.71 bits per heavy atom. The molecule has 0 aliphatic heterocycles. The summed E-state index contributed by atoms with van der Waals surface area (Å²) in [4.78, 5) is 11.7. The quantitative estimate of drug-likeness (QED) is 0.829. The molecule has 0 aliphatic rings. The van der Waals surface area contributed by atoms with E-state index in [0.717, 1.165) is 24.2 Å². The molecule has 128 valence electrons. The fourth-order valence-corrected chi connectivity index (χ4v) is 2.28. The van der Waals surface area contributed by atoms with E-state index in [2.05, 4.69) is 34.9 Å². The van der Waals surface area contributed by atoms with Gasteiger partial charge in [-0.25, -0.2) is 4.79 Å². The third kappa shape index (κ3) is 6.73. The highest BCUT2D eigenvalue weighted by molar-refractivity contribution is 5.67. The first-order valence-corrected chi connectivity index (χ1v) is 8.26. The van der Waals surface area contributed by atoms with Gasteiger partial charge in [-0.1, -0.05) is 42.5 Å². The lowest BCUT2D eigenvalue weighted by Gasteiger charge is -2.19. The lowest BCUT2D eigenvalue weighted by Crippen LogP contribution is -2.32. The summed E-state index contributed by atoms with van der Waals surface area (Å²) in [5, 5.41) is 6.19. The summed E-state index contributed by atoms with van der Waals surface area (Å²) < 4.78 is 5.24. The third-order valence-electron chi connectivity index (χ3n) is 3.35. The Balaban J connectivity index is 1.79. The van der Waals surface area contributed by atoms with Crippen LogP contribution in [0.5, 0.6) is 0 Å². The van der Waals surface area contributed by atoms with Gasteiger partial charge < -0.3 is 15.4 Å². The minimum absolute atomic E-state index is 0.398. The van der Waals surface area contributed by atoms with Crippen LogP contribution in [-0.4, -0.2) is 18.2 Å². The van der Waals surface area contributed by atoms with Crippen LogP contribution in [-0.2, 0) is 17.7 Å². The van der Waals surface area contributed by atoms with Crippen LogP contribution in [0, 0.1) is 0 Å². The molecule has 0 fully saturated rings. The number of hydrogen-bond acceptors (Lipinski definition) is 3. The van der Waals surface area contributed by atoms with Crippen molar-refractivity contribution in [2.45, 2.75) is 39.3 Å². The highest BCUT2D eigenvalue weighted by atomic mass is 16.6. The summed E-state index contributed by atoms with van der Waals surface area (Å²) >= 11 is 0. The highest BCUT2D eigenvalue weighted by Crippen LogP contribution is 2.12. The van der Waals surface area contributed by atoms with Crippen molar-refractivity contribution in [3.05, 3.63) is 65.7 Å². The van der Waals surface area contributed by atoms with Crippen LogP contribution in [0.15, 0.2) is 54.6 Å². The molecule has 2 aromatic carbocycles. The fourth-order valence-electron chi connectivity index (χ4n) is 2.28. The molecule has 1 amide bonds. The molecule has 0 saturated heterocycles. The van der Waals surface area contributed by atoms with Gasteiger partial charge >= 0.3 is 6.09 Å². The second-order valence-electron chi connectivity index (χ2n) is 6.72. The number of anilines is 1. The average Bonchev–Trinajstić information content (AvgIpc) is 2.53. The van der Waals surface area contributed by atoms with Gasteiger partial charge in [-0.2, -0.15) is 0 Å². The lowest BCUT2D eigenvalue weighted by atomic mass is 10.1. The molecular weight excluding hydrogens is 300 g/mol. The van der Waals surface area contributed by atoms with Gasteiger partial charge in [-0.05, 0) is 50.5 Å². The number of nitrogens with one attached hydrogen (secondary N) is 2. The van der Waals surface area contributed by atoms with Crippen LogP contribution in [0.1, 0.15) is 31.9 Å². The van der Waals surface area contributed by atoms with E-state index in [1.54, 1.807) is 0 Å². The molecule has 0 spiro atoms. The summed E-state index contributed by atoms with van der Waals surface area (Å²) in [7, 11) is 0. The summed E-state index contributed by atoms with van der Waals surface area (Å²) in [6, 6.07) is 18.4. The summed E-state index contributed by atoms with van der Waals surface area (Å²) in [6.07, 6.45) is 0.575. The van der Waals surface area contributed by atoms with E-state index in [4.69, 9.17) is 4.74 Å². The van der Waals surface area contributed by atoms with Crippen molar-refractivity contribution in [2.75, 3.05) is 11.9 Å². The van der Waals surface area contributed by atoms with E-state index < -0.39 is 11.7 Å². The van der Waals surface area contributed by atoms with E-state index in [-0.39, 0.29) is 0 Å². The molecular formula is C20H26N2O2. The molecule has 2 N–H and O–H groups in total. The Morgan fingerprint density at radius 1 is 1.00 bits per heavy atom.